The fourth-order valence-electron chi connectivity index (χ4n) is 4.36. The molecule has 0 radical (unpaired) electrons. The summed E-state index contributed by atoms with van der Waals surface area (Å²) >= 11 is 4.73. The minimum Gasteiger partial charge on any atom is -0.458 e. The van der Waals surface area contributed by atoms with E-state index in [1.165, 1.54) is 6.26 Å². The maximum Gasteiger partial charge on any atom is 0.481 e. The number of halogens is 1. The maximum absolute atomic E-state index is 13.9. The van der Waals surface area contributed by atoms with Crippen LogP contribution in [0.1, 0.15) is 11.7 Å². The summed E-state index contributed by atoms with van der Waals surface area (Å²) in [6.45, 7) is -6.70. The predicted molar refractivity (Wildman–Crippen MR) is 139 cm³/mol. The number of nitrogen functional groups attached to an aromatic ring is 1. The van der Waals surface area contributed by atoms with E-state index < -0.39 is 88.5 Å². The molecule has 12 atom stereocenters. The summed E-state index contributed by atoms with van der Waals surface area (Å²) in [5.74, 6) is 2.25. The first kappa shape index (κ1) is 33.2. The minimum atomic E-state index is -5.51. The van der Waals surface area contributed by atoms with E-state index in [4.69, 9.17) is 53.2 Å². The highest BCUT2D eigenvalue weighted by atomic mass is 32.5. The molecule has 2 aliphatic heterocycles. The van der Waals surface area contributed by atoms with Gasteiger partial charge in [0, 0.05) is 5.56 Å². The Balaban J connectivity index is 1.44. The van der Waals surface area contributed by atoms with Gasteiger partial charge in [0.05, 0.1) is 19.5 Å². The fourth-order valence-corrected chi connectivity index (χ4v) is 7.45. The summed E-state index contributed by atoms with van der Waals surface area (Å²) < 4.78 is 56.7. The maximum atomic E-state index is 13.9. The number of alkyl halides is 1. The number of nitrogens with two attached hydrogens (primary N) is 2. The molecule has 2 fully saturated rings. The molecule has 234 valence electrons. The van der Waals surface area contributed by atoms with E-state index in [2.05, 4.69) is 24.7 Å². The molecular weight excluding hydrogens is 633 g/mol. The number of aromatic nitrogens is 2. The van der Waals surface area contributed by atoms with Crippen molar-refractivity contribution in [2.75, 3.05) is 18.9 Å². The summed E-state index contributed by atoms with van der Waals surface area (Å²) in [5, 5.41) is 49.6. The van der Waals surface area contributed by atoms with Crippen molar-refractivity contribution >= 4 is 43.3 Å². The van der Waals surface area contributed by atoms with Gasteiger partial charge in [0.25, 0.3) is 0 Å². The van der Waals surface area contributed by atoms with Crippen LogP contribution in [-0.4, -0.2) is 113 Å². The number of phosphoric acid groups is 1. The van der Waals surface area contributed by atoms with E-state index in [9.17, 15) is 39.2 Å². The second-order valence-electron chi connectivity index (χ2n) is 9.26. The summed E-state index contributed by atoms with van der Waals surface area (Å²) in [4.78, 5) is 28.4. The van der Waals surface area contributed by atoms with Crippen LogP contribution in [0.15, 0.2) is 17.0 Å². The smallest absolute Gasteiger partial charge is 0.458 e. The van der Waals surface area contributed by atoms with Gasteiger partial charge in [0.2, 0.25) is 0 Å². The number of furan rings is 1. The normalized spacial score (nSPS) is 37.1. The fraction of sp³-hybridized carbons (Fsp3) is 0.600. The van der Waals surface area contributed by atoms with Crippen LogP contribution in [0.2, 0.25) is 0 Å². The van der Waals surface area contributed by atoms with Crippen molar-refractivity contribution in [1.29, 1.82) is 0 Å². The first-order chi connectivity index (χ1) is 19.5. The lowest BCUT2D eigenvalue weighted by atomic mass is 9.85. The Bertz CT molecular complexity index is 1430. The lowest BCUT2D eigenvalue weighted by molar-refractivity contribution is -0.287. The van der Waals surface area contributed by atoms with Crippen LogP contribution in [0.4, 0.5) is 10.2 Å². The molecule has 0 aromatic carbocycles. The Hall–Kier alpha value is -1.73. The van der Waals surface area contributed by atoms with Crippen LogP contribution in [0.25, 0.3) is 11.1 Å². The van der Waals surface area contributed by atoms with Gasteiger partial charge in [-0.05, 0) is 11.8 Å². The molecule has 2 aliphatic rings. The van der Waals surface area contributed by atoms with Gasteiger partial charge in [-0.1, -0.05) is 5.92 Å². The number of hydrogen-bond acceptors (Lipinski definition) is 17. The Morgan fingerprint density at radius 1 is 1.21 bits per heavy atom. The lowest BCUT2D eigenvalue weighted by Gasteiger charge is -2.41. The zero-order chi connectivity index (χ0) is 31.2. The van der Waals surface area contributed by atoms with Crippen LogP contribution in [0.5, 0.6) is 0 Å². The number of phosphoric ester groups is 1. The highest BCUT2D eigenvalue weighted by Gasteiger charge is 2.55. The number of ether oxygens (including phenoxy) is 2. The molecule has 4 rings (SSSR count). The summed E-state index contributed by atoms with van der Waals surface area (Å²) in [5.41, 5.74) is 10.6. The monoisotopic (exact) mass is 660 g/mol. The van der Waals surface area contributed by atoms with E-state index in [1.807, 2.05) is 0 Å². The molecule has 0 bridgehead atoms. The lowest BCUT2D eigenvalue weighted by Crippen LogP contribution is -2.60. The van der Waals surface area contributed by atoms with Gasteiger partial charge >= 0.3 is 14.5 Å². The van der Waals surface area contributed by atoms with Gasteiger partial charge in [-0.15, -0.1) is 6.42 Å². The van der Waals surface area contributed by atoms with Gasteiger partial charge in [-0.25, -0.2) is 23.2 Å². The third-order valence-corrected chi connectivity index (χ3v) is 10.0. The van der Waals surface area contributed by atoms with Crippen LogP contribution in [0.3, 0.4) is 0 Å². The second-order valence-corrected chi connectivity index (χ2v) is 13.6. The van der Waals surface area contributed by atoms with E-state index in [1.54, 1.807) is 0 Å². The standard InChI is InChI=1S/C20H27FN4O14P2S/c1-2-20(23)16(30)9(36-17(20)7-4-34-15-10(7)24-6-25-18(15)22)5-35-41(33,42)39-40(31,32)38-19-13(29)11(27)12(28)14(37-19)8(21)3-26/h1,4,6,8-9,11-14,16-17,19,26-30H,3,5,23H2,(H,31,32)(H,33,42)(H2,22,24,25)/t8-,9+,11?,12?,13?,14?,16+,17-,19?,20+,41?/m0/s1. The van der Waals surface area contributed by atoms with Crippen molar-refractivity contribution in [3.63, 3.8) is 0 Å². The van der Waals surface area contributed by atoms with Crippen molar-refractivity contribution in [2.24, 2.45) is 5.73 Å². The molecule has 0 amide bonds. The molecule has 22 heteroatoms. The summed E-state index contributed by atoms with van der Waals surface area (Å²) in [6, 6.07) is 0. The zero-order valence-electron chi connectivity index (χ0n) is 21.1. The van der Waals surface area contributed by atoms with Gasteiger partial charge < -0.3 is 65.2 Å². The molecule has 4 heterocycles. The molecule has 18 nitrogen and oxygen atoms in total. The number of terminal acetylenes is 1. The molecule has 0 spiro atoms. The Morgan fingerprint density at radius 2 is 1.90 bits per heavy atom. The molecule has 7 unspecified atom stereocenters. The highest BCUT2D eigenvalue weighted by molar-refractivity contribution is 8.08. The van der Waals surface area contributed by atoms with Crippen molar-refractivity contribution in [1.82, 2.24) is 9.97 Å². The topological polar surface area (TPSA) is 296 Å². The quantitative estimate of drug-likeness (QED) is 0.0935. The molecule has 2 aromatic heterocycles. The second kappa shape index (κ2) is 12.3. The van der Waals surface area contributed by atoms with E-state index in [0.717, 1.165) is 6.33 Å². The Kier molecular flexibility index (Phi) is 9.75. The SMILES string of the molecule is C#C[C@@]1(N)[C@H](O)[C@@H](COP(O)(=S)OP(=O)(O)OC2OC([C@@H](F)CO)C(O)C(O)C2O)O[C@H]1c1coc2c(N)ncnc12. The first-order valence-corrected chi connectivity index (χ1v) is 15.9. The third kappa shape index (κ3) is 6.38. The van der Waals surface area contributed by atoms with Crippen LogP contribution >= 0.6 is 14.5 Å². The van der Waals surface area contributed by atoms with Crippen LogP contribution in [-0.2, 0) is 39.2 Å². The number of hydrogen-bond donors (Lipinski definition) is 9. The highest BCUT2D eigenvalue weighted by Crippen LogP contribution is 2.62. The Labute approximate surface area is 240 Å². The number of fused-ring (bicyclic) bond motifs is 1. The number of aliphatic hydroxyl groups excluding tert-OH is 5. The molecular formula is C20H27FN4O14P2S. The van der Waals surface area contributed by atoms with Crippen LogP contribution < -0.4 is 11.5 Å². The van der Waals surface area contributed by atoms with Crippen molar-refractivity contribution in [2.45, 2.75) is 60.7 Å². The largest absolute Gasteiger partial charge is 0.481 e. The van der Waals surface area contributed by atoms with Gasteiger partial charge in [-0.3, -0.25) is 4.52 Å². The van der Waals surface area contributed by atoms with Gasteiger partial charge in [-0.2, -0.15) is 0 Å². The summed E-state index contributed by atoms with van der Waals surface area (Å²) in [6.07, 6.45) is -9.34. The molecule has 42 heavy (non-hydrogen) atoms. The average molecular weight is 660 g/mol. The molecule has 2 saturated heterocycles. The number of rotatable bonds is 10. The van der Waals surface area contributed by atoms with Crippen molar-refractivity contribution in [3.8, 4) is 12.3 Å². The average Bonchev–Trinajstić information content (AvgIpc) is 3.46. The van der Waals surface area contributed by atoms with E-state index >= 15 is 0 Å². The number of anilines is 1. The predicted octanol–water partition coefficient (Wildman–Crippen LogP) is -2.56. The zero-order valence-corrected chi connectivity index (χ0v) is 23.7. The molecule has 0 saturated carbocycles. The molecule has 0 aliphatic carbocycles. The van der Waals surface area contributed by atoms with E-state index in [-0.39, 0.29) is 22.5 Å². The molecule has 2 aromatic rings. The van der Waals surface area contributed by atoms with Gasteiger partial charge in [0.1, 0.15) is 60.1 Å². The van der Waals surface area contributed by atoms with Crippen molar-refractivity contribution < 1.29 is 71.5 Å². The summed E-state index contributed by atoms with van der Waals surface area (Å²) in [7, 11) is -5.51. The molecule has 11 N–H and O–H groups in total. The van der Waals surface area contributed by atoms with Crippen LogP contribution in [0, 0.1) is 12.3 Å². The third-order valence-electron chi connectivity index (χ3n) is 6.51. The van der Waals surface area contributed by atoms with Crippen molar-refractivity contribution in [3.05, 3.63) is 18.2 Å². The van der Waals surface area contributed by atoms with E-state index in [0.29, 0.717) is 0 Å². The first-order valence-electron chi connectivity index (χ1n) is 11.8. The Morgan fingerprint density at radius 3 is 2.55 bits per heavy atom. The minimum absolute atomic E-state index is 0.00652. The van der Waals surface area contributed by atoms with Gasteiger partial charge in [0.15, 0.2) is 23.9 Å². The number of nitrogens with zero attached hydrogens (tertiary/aromatic N) is 2. The number of aliphatic hydroxyl groups is 5.